The third-order valence-corrected chi connectivity index (χ3v) is 4.48. The van der Waals surface area contributed by atoms with Crippen molar-refractivity contribution >= 4 is 46.8 Å². The highest BCUT2D eigenvalue weighted by molar-refractivity contribution is 7.80. The predicted octanol–water partition coefficient (Wildman–Crippen LogP) is 5.42. The summed E-state index contributed by atoms with van der Waals surface area (Å²) in [5, 5.41) is 7.73. The third kappa shape index (κ3) is 6.76. The van der Waals surface area contributed by atoms with Crippen LogP contribution >= 0.6 is 23.8 Å². The van der Waals surface area contributed by atoms with Crippen molar-refractivity contribution in [2.45, 2.75) is 6.92 Å². The predicted molar refractivity (Wildman–Crippen MR) is 127 cm³/mol. The molecule has 0 radical (unpaired) electrons. The van der Waals surface area contributed by atoms with Crippen molar-refractivity contribution in [3.05, 3.63) is 88.7 Å². The number of rotatable bonds is 7. The Hall–Kier alpha value is -3.49. The van der Waals surface area contributed by atoms with E-state index < -0.39 is 5.97 Å². The van der Waals surface area contributed by atoms with Gasteiger partial charge in [-0.15, -0.1) is 0 Å². The molecule has 0 saturated heterocycles. The van der Waals surface area contributed by atoms with Crippen LogP contribution in [0.25, 0.3) is 0 Å². The molecule has 9 heteroatoms. The Morgan fingerprint density at radius 3 is 2.50 bits per heavy atom. The SMILES string of the molecule is CCOc1cc(C=NNC(=S)Nc2ccc(F)cc2)ccc1OC(=O)c1ccc(Cl)cc1. The van der Waals surface area contributed by atoms with Gasteiger partial charge in [-0.2, -0.15) is 5.10 Å². The molecule has 0 heterocycles. The summed E-state index contributed by atoms with van der Waals surface area (Å²) in [7, 11) is 0. The lowest BCUT2D eigenvalue weighted by atomic mass is 10.2. The van der Waals surface area contributed by atoms with Crippen LogP contribution < -0.4 is 20.2 Å². The molecular formula is C23H19ClFN3O3S. The first-order valence-corrected chi connectivity index (χ1v) is 10.3. The first-order chi connectivity index (χ1) is 15.4. The number of halogens is 2. The Bertz CT molecular complexity index is 1120. The second-order valence-electron chi connectivity index (χ2n) is 6.37. The first-order valence-electron chi connectivity index (χ1n) is 9.55. The topological polar surface area (TPSA) is 71.9 Å². The number of anilines is 1. The molecule has 0 unspecified atom stereocenters. The summed E-state index contributed by atoms with van der Waals surface area (Å²) in [6.07, 6.45) is 1.53. The lowest BCUT2D eigenvalue weighted by Gasteiger charge is -2.11. The fraction of sp³-hybridized carbons (Fsp3) is 0.0870. The van der Waals surface area contributed by atoms with Gasteiger partial charge in [0.15, 0.2) is 16.6 Å². The number of carbonyl (C=O) groups is 1. The minimum atomic E-state index is -0.525. The summed E-state index contributed by atoms with van der Waals surface area (Å²) in [6, 6.07) is 17.2. The molecule has 32 heavy (non-hydrogen) atoms. The number of hydrogen-bond acceptors (Lipinski definition) is 5. The quantitative estimate of drug-likeness (QED) is 0.158. The monoisotopic (exact) mass is 471 g/mol. The van der Waals surface area contributed by atoms with Gasteiger partial charge in [0.1, 0.15) is 5.82 Å². The Morgan fingerprint density at radius 2 is 1.81 bits per heavy atom. The van der Waals surface area contributed by atoms with Crippen molar-refractivity contribution in [3.8, 4) is 11.5 Å². The van der Waals surface area contributed by atoms with E-state index >= 15 is 0 Å². The largest absolute Gasteiger partial charge is 0.490 e. The number of carbonyl (C=O) groups excluding carboxylic acids is 1. The van der Waals surface area contributed by atoms with Crippen molar-refractivity contribution in [1.82, 2.24) is 5.43 Å². The number of esters is 1. The van der Waals surface area contributed by atoms with Crippen LogP contribution in [0.4, 0.5) is 10.1 Å². The first kappa shape index (κ1) is 23.2. The van der Waals surface area contributed by atoms with E-state index in [1.54, 1.807) is 54.6 Å². The Balaban J connectivity index is 1.64. The summed E-state index contributed by atoms with van der Waals surface area (Å²) >= 11 is 11.0. The highest BCUT2D eigenvalue weighted by Gasteiger charge is 2.13. The van der Waals surface area contributed by atoms with E-state index in [0.29, 0.717) is 34.2 Å². The molecule has 164 valence electrons. The number of nitrogens with one attached hydrogen (secondary N) is 2. The fourth-order valence-corrected chi connectivity index (χ4v) is 2.86. The molecule has 0 fully saturated rings. The van der Waals surface area contributed by atoms with Gasteiger partial charge in [0.05, 0.1) is 18.4 Å². The van der Waals surface area contributed by atoms with Gasteiger partial charge < -0.3 is 14.8 Å². The maximum absolute atomic E-state index is 13.0. The van der Waals surface area contributed by atoms with E-state index in [-0.39, 0.29) is 16.7 Å². The number of ether oxygens (including phenoxy) is 2. The molecule has 0 saturated carbocycles. The minimum absolute atomic E-state index is 0.242. The fourth-order valence-electron chi connectivity index (χ4n) is 2.56. The highest BCUT2D eigenvalue weighted by Crippen LogP contribution is 2.29. The number of hydrazone groups is 1. The zero-order valence-electron chi connectivity index (χ0n) is 17.0. The van der Waals surface area contributed by atoms with Crippen LogP contribution in [0.15, 0.2) is 71.8 Å². The zero-order chi connectivity index (χ0) is 22.9. The molecule has 6 nitrogen and oxygen atoms in total. The molecule has 3 aromatic carbocycles. The van der Waals surface area contributed by atoms with Gasteiger partial charge in [0.2, 0.25) is 0 Å². The average Bonchev–Trinajstić information content (AvgIpc) is 2.77. The van der Waals surface area contributed by atoms with E-state index in [1.807, 2.05) is 6.92 Å². The molecule has 0 aliphatic carbocycles. The second-order valence-corrected chi connectivity index (χ2v) is 7.21. The molecule has 3 aromatic rings. The van der Waals surface area contributed by atoms with Crippen molar-refractivity contribution < 1.29 is 18.7 Å². The summed E-state index contributed by atoms with van der Waals surface area (Å²) in [6.45, 7) is 2.21. The maximum Gasteiger partial charge on any atom is 0.343 e. The van der Waals surface area contributed by atoms with Crippen LogP contribution in [-0.2, 0) is 0 Å². The molecule has 0 amide bonds. The Morgan fingerprint density at radius 1 is 1.09 bits per heavy atom. The molecule has 0 bridgehead atoms. The van der Waals surface area contributed by atoms with E-state index in [1.165, 1.54) is 18.3 Å². The molecule has 0 aliphatic rings. The standard InChI is InChI=1S/C23H19ClFN3O3S/c1-2-30-21-13-15(14-26-28-23(32)27-19-10-8-18(25)9-11-19)3-12-20(21)31-22(29)16-4-6-17(24)7-5-16/h3-14H,2H2,1H3,(H2,27,28,32). The molecular weight excluding hydrogens is 453 g/mol. The number of thiocarbonyl (C=S) groups is 1. The molecule has 0 aliphatic heterocycles. The zero-order valence-corrected chi connectivity index (χ0v) is 18.5. The van der Waals surface area contributed by atoms with Crippen molar-refractivity contribution in [2.24, 2.45) is 5.10 Å². The van der Waals surface area contributed by atoms with Crippen LogP contribution in [0.5, 0.6) is 11.5 Å². The Labute approximate surface area is 195 Å². The van der Waals surface area contributed by atoms with Gasteiger partial charge >= 0.3 is 5.97 Å². The third-order valence-electron chi connectivity index (χ3n) is 4.03. The lowest BCUT2D eigenvalue weighted by molar-refractivity contribution is 0.0728. The summed E-state index contributed by atoms with van der Waals surface area (Å²) in [5.74, 6) is -0.182. The van der Waals surface area contributed by atoms with Gasteiger partial charge in [-0.3, -0.25) is 5.43 Å². The molecule has 3 rings (SSSR count). The van der Waals surface area contributed by atoms with Gasteiger partial charge in [-0.25, -0.2) is 9.18 Å². The highest BCUT2D eigenvalue weighted by atomic mass is 35.5. The molecule has 2 N–H and O–H groups in total. The van der Waals surface area contributed by atoms with Gasteiger partial charge in [-0.05, 0) is 91.4 Å². The van der Waals surface area contributed by atoms with Crippen molar-refractivity contribution in [2.75, 3.05) is 11.9 Å². The van der Waals surface area contributed by atoms with Crippen LogP contribution in [0.3, 0.4) is 0 Å². The molecule has 0 aromatic heterocycles. The number of hydrogen-bond donors (Lipinski definition) is 2. The lowest BCUT2D eigenvalue weighted by Crippen LogP contribution is -2.23. The molecule has 0 atom stereocenters. The van der Waals surface area contributed by atoms with Crippen LogP contribution in [0, 0.1) is 5.82 Å². The van der Waals surface area contributed by atoms with Crippen LogP contribution in [-0.4, -0.2) is 23.9 Å². The Kier molecular flexibility index (Phi) is 8.13. The molecule has 0 spiro atoms. The van der Waals surface area contributed by atoms with Gasteiger partial charge in [0, 0.05) is 10.7 Å². The van der Waals surface area contributed by atoms with Gasteiger partial charge in [-0.1, -0.05) is 11.6 Å². The van der Waals surface area contributed by atoms with Crippen molar-refractivity contribution in [3.63, 3.8) is 0 Å². The van der Waals surface area contributed by atoms with E-state index in [0.717, 1.165) is 0 Å². The normalized spacial score (nSPS) is 10.6. The summed E-state index contributed by atoms with van der Waals surface area (Å²) in [4.78, 5) is 12.4. The van der Waals surface area contributed by atoms with Crippen LogP contribution in [0.1, 0.15) is 22.8 Å². The van der Waals surface area contributed by atoms with E-state index in [2.05, 4.69) is 15.8 Å². The maximum atomic E-state index is 13.0. The van der Waals surface area contributed by atoms with Gasteiger partial charge in [0.25, 0.3) is 0 Å². The number of nitrogens with zero attached hydrogens (tertiary/aromatic N) is 1. The van der Waals surface area contributed by atoms with Crippen LogP contribution in [0.2, 0.25) is 5.02 Å². The second kappa shape index (κ2) is 11.2. The smallest absolute Gasteiger partial charge is 0.343 e. The van der Waals surface area contributed by atoms with Crippen molar-refractivity contribution in [1.29, 1.82) is 0 Å². The summed E-state index contributed by atoms with van der Waals surface area (Å²) in [5.41, 5.74) is 4.37. The average molecular weight is 472 g/mol. The number of benzene rings is 3. The minimum Gasteiger partial charge on any atom is -0.490 e. The van der Waals surface area contributed by atoms with E-state index in [4.69, 9.17) is 33.3 Å². The summed E-state index contributed by atoms with van der Waals surface area (Å²) < 4.78 is 24.0. The van der Waals surface area contributed by atoms with E-state index in [9.17, 15) is 9.18 Å².